The van der Waals surface area contributed by atoms with Gasteiger partial charge >= 0.3 is 6.61 Å². The van der Waals surface area contributed by atoms with Crippen LogP contribution in [0.3, 0.4) is 0 Å². The van der Waals surface area contributed by atoms with E-state index in [1.54, 1.807) is 17.0 Å². The van der Waals surface area contributed by atoms with E-state index in [0.717, 1.165) is 13.1 Å². The molecule has 0 unspecified atom stereocenters. The molecule has 0 atom stereocenters. The van der Waals surface area contributed by atoms with Gasteiger partial charge in [-0.3, -0.25) is 9.69 Å². The molecule has 0 aliphatic carbocycles. The largest absolute Gasteiger partial charge is 0.493 e. The summed E-state index contributed by atoms with van der Waals surface area (Å²) < 4.78 is 34.0. The average molecular weight is 356 g/mol. The van der Waals surface area contributed by atoms with Gasteiger partial charge in [-0.05, 0) is 23.8 Å². The van der Waals surface area contributed by atoms with Gasteiger partial charge in [0, 0.05) is 38.8 Å². The summed E-state index contributed by atoms with van der Waals surface area (Å²) in [5.41, 5.74) is 0.644. The predicted molar refractivity (Wildman–Crippen MR) is 88.8 cm³/mol. The van der Waals surface area contributed by atoms with Crippen LogP contribution in [0.25, 0.3) is 6.08 Å². The Bertz CT molecular complexity index is 602. The molecule has 1 aliphatic rings. The summed E-state index contributed by atoms with van der Waals surface area (Å²) in [5.74, 6) is 0.00372. The van der Waals surface area contributed by atoms with E-state index >= 15 is 0 Å². The number of hydrogen-bond donors (Lipinski definition) is 1. The zero-order valence-corrected chi connectivity index (χ0v) is 14.0. The molecular formula is C17H22F2N2O4. The zero-order chi connectivity index (χ0) is 18.2. The van der Waals surface area contributed by atoms with Crippen LogP contribution in [0.2, 0.25) is 0 Å². The van der Waals surface area contributed by atoms with Crippen molar-refractivity contribution < 1.29 is 28.2 Å². The van der Waals surface area contributed by atoms with E-state index in [0.29, 0.717) is 25.2 Å². The highest BCUT2D eigenvalue weighted by atomic mass is 19.3. The summed E-state index contributed by atoms with van der Waals surface area (Å²) >= 11 is 0. The molecule has 25 heavy (non-hydrogen) atoms. The Morgan fingerprint density at radius 2 is 2.00 bits per heavy atom. The fraction of sp³-hybridized carbons (Fsp3) is 0.471. The highest BCUT2D eigenvalue weighted by Gasteiger charge is 2.19. The number of aliphatic hydroxyl groups excluding tert-OH is 1. The third-order valence-corrected chi connectivity index (χ3v) is 3.92. The van der Waals surface area contributed by atoms with E-state index in [-0.39, 0.29) is 24.0 Å². The van der Waals surface area contributed by atoms with E-state index < -0.39 is 6.61 Å². The van der Waals surface area contributed by atoms with E-state index in [2.05, 4.69) is 9.64 Å². The Labute approximate surface area is 145 Å². The summed E-state index contributed by atoms with van der Waals surface area (Å²) in [6.45, 7) is 0.468. The van der Waals surface area contributed by atoms with Crippen LogP contribution in [0.5, 0.6) is 11.5 Å². The van der Waals surface area contributed by atoms with Crippen LogP contribution in [0.1, 0.15) is 5.56 Å². The highest BCUT2D eigenvalue weighted by Crippen LogP contribution is 2.29. The summed E-state index contributed by atoms with van der Waals surface area (Å²) in [7, 11) is 1.36. The first kappa shape index (κ1) is 19.1. The van der Waals surface area contributed by atoms with E-state index in [4.69, 9.17) is 9.84 Å². The molecular weight excluding hydrogens is 334 g/mol. The maximum absolute atomic E-state index is 12.3. The molecule has 1 amide bonds. The molecule has 0 bridgehead atoms. The van der Waals surface area contributed by atoms with E-state index in [9.17, 15) is 13.6 Å². The minimum absolute atomic E-state index is 0.0546. The van der Waals surface area contributed by atoms with Crippen molar-refractivity contribution in [1.29, 1.82) is 0 Å². The molecule has 1 aromatic rings. The summed E-state index contributed by atoms with van der Waals surface area (Å²) in [4.78, 5) is 16.0. The number of β-amino-alcohol motifs (C(OH)–C–C–N with tert-alkyl or cyclic N) is 1. The van der Waals surface area contributed by atoms with Crippen LogP contribution in [-0.4, -0.2) is 73.9 Å². The summed E-state index contributed by atoms with van der Waals surface area (Å²) in [5, 5.41) is 8.92. The van der Waals surface area contributed by atoms with Gasteiger partial charge < -0.3 is 19.5 Å². The third-order valence-electron chi connectivity index (χ3n) is 3.92. The Balaban J connectivity index is 1.96. The second kappa shape index (κ2) is 9.33. The fourth-order valence-electron chi connectivity index (χ4n) is 2.59. The van der Waals surface area contributed by atoms with Gasteiger partial charge in [-0.2, -0.15) is 8.78 Å². The fourth-order valence-corrected chi connectivity index (χ4v) is 2.59. The lowest BCUT2D eigenvalue weighted by atomic mass is 10.2. The minimum atomic E-state index is -2.93. The normalized spacial score (nSPS) is 15.8. The number of rotatable bonds is 7. The number of carbonyl (C=O) groups excluding carboxylic acids is 1. The van der Waals surface area contributed by atoms with Crippen molar-refractivity contribution in [3.8, 4) is 11.5 Å². The van der Waals surface area contributed by atoms with Crippen LogP contribution in [0, 0.1) is 0 Å². The second-order valence-corrected chi connectivity index (χ2v) is 5.51. The molecule has 6 nitrogen and oxygen atoms in total. The van der Waals surface area contributed by atoms with Crippen LogP contribution in [0.15, 0.2) is 24.3 Å². The topological polar surface area (TPSA) is 62.2 Å². The van der Waals surface area contributed by atoms with Crippen molar-refractivity contribution in [3.63, 3.8) is 0 Å². The molecule has 0 spiro atoms. The number of benzene rings is 1. The van der Waals surface area contributed by atoms with Gasteiger partial charge in [-0.25, -0.2) is 0 Å². The average Bonchev–Trinajstić information content (AvgIpc) is 2.61. The van der Waals surface area contributed by atoms with Crippen molar-refractivity contribution in [2.75, 3.05) is 46.4 Å². The lowest BCUT2D eigenvalue weighted by molar-refractivity contribution is -0.127. The van der Waals surface area contributed by atoms with Crippen molar-refractivity contribution in [3.05, 3.63) is 29.8 Å². The molecule has 1 heterocycles. The maximum Gasteiger partial charge on any atom is 0.387 e. The molecule has 8 heteroatoms. The lowest BCUT2D eigenvalue weighted by Gasteiger charge is -2.33. The first-order valence-corrected chi connectivity index (χ1v) is 7.96. The summed E-state index contributed by atoms with van der Waals surface area (Å²) in [6.07, 6.45) is 3.06. The number of amides is 1. The number of aliphatic hydroxyl groups is 1. The number of halogens is 2. The number of ether oxygens (including phenoxy) is 2. The van der Waals surface area contributed by atoms with Crippen LogP contribution >= 0.6 is 0 Å². The molecule has 0 saturated carbocycles. The quantitative estimate of drug-likeness (QED) is 0.750. The van der Waals surface area contributed by atoms with Crippen molar-refractivity contribution in [2.45, 2.75) is 6.61 Å². The first-order valence-electron chi connectivity index (χ1n) is 7.96. The van der Waals surface area contributed by atoms with Crippen molar-refractivity contribution in [2.24, 2.45) is 0 Å². The van der Waals surface area contributed by atoms with Gasteiger partial charge in [0.1, 0.15) is 0 Å². The van der Waals surface area contributed by atoms with Crippen molar-refractivity contribution >= 4 is 12.0 Å². The Morgan fingerprint density at radius 3 is 2.60 bits per heavy atom. The molecule has 2 rings (SSSR count). The molecule has 1 aromatic carbocycles. The second-order valence-electron chi connectivity index (χ2n) is 5.51. The molecule has 1 saturated heterocycles. The smallest absolute Gasteiger partial charge is 0.387 e. The Hall–Kier alpha value is -2.19. The molecule has 138 valence electrons. The number of nitrogens with zero attached hydrogens (tertiary/aromatic N) is 2. The summed E-state index contributed by atoms with van der Waals surface area (Å²) in [6, 6.07) is 4.48. The molecule has 0 aromatic heterocycles. The predicted octanol–water partition coefficient (Wildman–Crippen LogP) is 1.45. The van der Waals surface area contributed by atoms with Crippen LogP contribution in [-0.2, 0) is 4.79 Å². The van der Waals surface area contributed by atoms with E-state index in [1.807, 2.05) is 0 Å². The van der Waals surface area contributed by atoms with Gasteiger partial charge in [0.2, 0.25) is 5.91 Å². The molecule has 1 fully saturated rings. The third kappa shape index (κ3) is 5.68. The van der Waals surface area contributed by atoms with Gasteiger partial charge in [0.25, 0.3) is 0 Å². The van der Waals surface area contributed by atoms with Gasteiger partial charge in [0.15, 0.2) is 11.5 Å². The molecule has 1 N–H and O–H groups in total. The zero-order valence-electron chi connectivity index (χ0n) is 14.0. The minimum Gasteiger partial charge on any atom is -0.493 e. The number of methoxy groups -OCH3 is 1. The van der Waals surface area contributed by atoms with Crippen LogP contribution < -0.4 is 9.47 Å². The number of carbonyl (C=O) groups is 1. The Morgan fingerprint density at radius 1 is 1.28 bits per heavy atom. The number of alkyl halides is 2. The monoisotopic (exact) mass is 356 g/mol. The van der Waals surface area contributed by atoms with Gasteiger partial charge in [0.05, 0.1) is 13.7 Å². The van der Waals surface area contributed by atoms with Crippen LogP contribution in [0.4, 0.5) is 8.78 Å². The Kier molecular flexibility index (Phi) is 7.15. The van der Waals surface area contributed by atoms with Crippen molar-refractivity contribution in [1.82, 2.24) is 9.80 Å². The lowest BCUT2D eigenvalue weighted by Crippen LogP contribution is -2.48. The number of hydrogen-bond acceptors (Lipinski definition) is 5. The standard InChI is InChI=1S/C17H22F2N2O4/c1-24-15-12-13(2-4-14(15)25-17(18)19)3-5-16(23)21-8-6-20(7-9-21)10-11-22/h2-5,12,17,22H,6-11H2,1H3/b5-3+. The maximum atomic E-state index is 12.3. The van der Waals surface area contributed by atoms with E-state index in [1.165, 1.54) is 25.3 Å². The molecule has 0 radical (unpaired) electrons. The SMILES string of the molecule is COc1cc(/C=C/C(=O)N2CCN(CCO)CC2)ccc1OC(F)F. The molecule has 1 aliphatic heterocycles. The number of piperazine rings is 1. The van der Waals surface area contributed by atoms with Gasteiger partial charge in [-0.1, -0.05) is 6.07 Å². The first-order chi connectivity index (χ1) is 12.0. The van der Waals surface area contributed by atoms with Gasteiger partial charge in [-0.15, -0.1) is 0 Å². The highest BCUT2D eigenvalue weighted by molar-refractivity contribution is 5.92.